The van der Waals surface area contributed by atoms with Crippen LogP contribution in [-0.4, -0.2) is 10.2 Å². The van der Waals surface area contributed by atoms with Gasteiger partial charge in [0.2, 0.25) is 0 Å². The van der Waals surface area contributed by atoms with E-state index in [1.165, 1.54) is 44.8 Å². The summed E-state index contributed by atoms with van der Waals surface area (Å²) in [6.45, 7) is 33.4. The average molecular weight is 675 g/mol. The maximum Gasteiger partial charge on any atom is 0.124 e. The van der Waals surface area contributed by atoms with Crippen LogP contribution in [0.3, 0.4) is 0 Å². The summed E-state index contributed by atoms with van der Waals surface area (Å²) >= 11 is 0. The van der Waals surface area contributed by atoms with E-state index in [4.69, 9.17) is 0 Å². The van der Waals surface area contributed by atoms with Gasteiger partial charge in [0.05, 0.1) is 0 Å². The average Bonchev–Trinajstić information content (AvgIpc) is 2.95. The van der Waals surface area contributed by atoms with Gasteiger partial charge < -0.3 is 20.0 Å². The van der Waals surface area contributed by atoms with Crippen LogP contribution in [0.25, 0.3) is 0 Å². The molecule has 0 bridgehead atoms. The number of aromatic hydroxyl groups is 2. The Morgan fingerprint density at radius 2 is 0.820 bits per heavy atom. The maximum atomic E-state index is 11.8. The molecule has 1 heterocycles. The number of phenols is 2. The minimum atomic E-state index is -0.196. The van der Waals surface area contributed by atoms with Crippen LogP contribution < -0.4 is 9.80 Å². The monoisotopic (exact) mass is 674 g/mol. The fraction of sp³-hybridized carbons (Fsp3) is 0.478. The van der Waals surface area contributed by atoms with Crippen molar-refractivity contribution in [1.82, 2.24) is 0 Å². The molecule has 5 rings (SSSR count). The van der Waals surface area contributed by atoms with E-state index in [0.717, 1.165) is 22.3 Å². The highest BCUT2D eigenvalue weighted by atomic mass is 16.3. The van der Waals surface area contributed by atoms with Crippen molar-refractivity contribution in [3.8, 4) is 11.5 Å². The molecule has 0 spiro atoms. The normalized spacial score (nSPS) is 14.3. The molecule has 0 radical (unpaired) electrons. The third kappa shape index (κ3) is 7.85. The smallest absolute Gasteiger partial charge is 0.124 e. The summed E-state index contributed by atoms with van der Waals surface area (Å²) in [7, 11) is 0. The van der Waals surface area contributed by atoms with Gasteiger partial charge in [0.25, 0.3) is 0 Å². The highest BCUT2D eigenvalue weighted by Gasteiger charge is 2.30. The van der Waals surface area contributed by atoms with Gasteiger partial charge in [-0.2, -0.15) is 0 Å². The Hall–Kier alpha value is -3.92. The Morgan fingerprint density at radius 1 is 0.480 bits per heavy atom. The third-order valence-electron chi connectivity index (χ3n) is 10.3. The lowest BCUT2D eigenvalue weighted by Crippen LogP contribution is -2.32. The van der Waals surface area contributed by atoms with Crippen LogP contribution in [0.5, 0.6) is 11.5 Å². The number of hydrogen-bond donors (Lipinski definition) is 2. The van der Waals surface area contributed by atoms with Crippen molar-refractivity contribution in [2.24, 2.45) is 0 Å². The van der Waals surface area contributed by atoms with Gasteiger partial charge in [-0.05, 0) is 93.2 Å². The van der Waals surface area contributed by atoms with E-state index in [0.29, 0.717) is 37.7 Å². The van der Waals surface area contributed by atoms with Crippen LogP contribution >= 0.6 is 0 Å². The molecular weight excluding hydrogens is 613 g/mol. The summed E-state index contributed by atoms with van der Waals surface area (Å²) in [4.78, 5) is 4.90. The molecule has 0 amide bonds. The van der Waals surface area contributed by atoms with Crippen molar-refractivity contribution in [2.75, 3.05) is 9.80 Å². The predicted molar refractivity (Wildman–Crippen MR) is 213 cm³/mol. The second-order valence-electron chi connectivity index (χ2n) is 19.0. The van der Waals surface area contributed by atoms with Gasteiger partial charge in [0.1, 0.15) is 11.5 Å². The van der Waals surface area contributed by atoms with Crippen LogP contribution in [0.1, 0.15) is 139 Å². The molecule has 0 atom stereocenters. The number of phenolic OH excluding ortho intramolecular Hbond substituents is 2. The van der Waals surface area contributed by atoms with Crippen LogP contribution in [0.15, 0.2) is 60.7 Å². The standard InChI is InChI=1S/C46H62N2O2/c1-29-15-17-39-31(19-29)25-47(27-33-21-35(43(3,4)5)23-37(41(33)49)45(9,10)11)40-18-16-30(2)20-32(40)26-48(39)28-34-22-36(44(6,7)8)24-38(42(34)50)46(12,13)14/h15-24,49-50H,25-28H2,1-14H3. The van der Waals surface area contributed by atoms with Crippen LogP contribution in [0.4, 0.5) is 11.4 Å². The van der Waals surface area contributed by atoms with Gasteiger partial charge in [-0.25, -0.2) is 0 Å². The fourth-order valence-corrected chi connectivity index (χ4v) is 7.21. The Bertz CT molecular complexity index is 1750. The second kappa shape index (κ2) is 13.0. The van der Waals surface area contributed by atoms with Crippen molar-refractivity contribution >= 4 is 11.4 Å². The molecule has 4 aromatic rings. The molecule has 1 aliphatic rings. The summed E-state index contributed by atoms with van der Waals surface area (Å²) in [5.41, 5.74) is 13.1. The Balaban J connectivity index is 1.67. The van der Waals surface area contributed by atoms with Crippen LogP contribution in [-0.2, 0) is 47.8 Å². The Kier molecular flexibility index (Phi) is 9.71. The molecular formula is C46H62N2O2. The van der Waals surface area contributed by atoms with Crippen molar-refractivity contribution in [1.29, 1.82) is 0 Å². The molecule has 268 valence electrons. The zero-order chi connectivity index (χ0) is 37.1. The van der Waals surface area contributed by atoms with E-state index >= 15 is 0 Å². The first kappa shape index (κ1) is 37.3. The summed E-state index contributed by atoms with van der Waals surface area (Å²) in [6, 6.07) is 22.4. The first-order valence-electron chi connectivity index (χ1n) is 18.4. The lowest BCUT2D eigenvalue weighted by Gasteiger charge is -2.37. The zero-order valence-electron chi connectivity index (χ0n) is 33.4. The van der Waals surface area contributed by atoms with Gasteiger partial charge in [0.15, 0.2) is 0 Å². The second-order valence-corrected chi connectivity index (χ2v) is 19.0. The maximum absolute atomic E-state index is 11.8. The minimum Gasteiger partial charge on any atom is -0.507 e. The van der Waals surface area contributed by atoms with Crippen molar-refractivity contribution in [3.05, 3.63) is 116 Å². The Morgan fingerprint density at radius 3 is 1.12 bits per heavy atom. The number of hydrogen-bond acceptors (Lipinski definition) is 4. The molecule has 0 saturated heterocycles. The Labute approximate surface area is 303 Å². The minimum absolute atomic E-state index is 0.0549. The highest BCUT2D eigenvalue weighted by molar-refractivity contribution is 5.65. The van der Waals surface area contributed by atoms with Gasteiger partial charge in [-0.3, -0.25) is 0 Å². The number of fused-ring (bicyclic) bond motifs is 2. The zero-order valence-corrected chi connectivity index (χ0v) is 33.4. The van der Waals surface area contributed by atoms with E-state index in [-0.39, 0.29) is 21.7 Å². The lowest BCUT2D eigenvalue weighted by molar-refractivity contribution is 0.437. The quantitative estimate of drug-likeness (QED) is 0.226. The number of benzene rings is 4. The lowest BCUT2D eigenvalue weighted by atomic mass is 9.78. The predicted octanol–water partition coefficient (Wildman–Crippen LogP) is 11.6. The highest BCUT2D eigenvalue weighted by Crippen LogP contribution is 2.43. The SMILES string of the molecule is Cc1ccc2c(c1)CN(Cc1cc(C(C)(C)C)cc(C(C)(C)C)c1O)c1ccc(C)cc1CN2Cc1cc(C(C)(C)C)cc(C(C)(C)C)c1O. The molecule has 0 aromatic heterocycles. The molecule has 0 saturated carbocycles. The summed E-state index contributed by atoms with van der Waals surface area (Å²) in [5, 5.41) is 23.7. The molecule has 4 nitrogen and oxygen atoms in total. The van der Waals surface area contributed by atoms with Crippen LogP contribution in [0, 0.1) is 13.8 Å². The van der Waals surface area contributed by atoms with E-state index in [1.807, 2.05) is 0 Å². The van der Waals surface area contributed by atoms with E-state index in [9.17, 15) is 10.2 Å². The largest absolute Gasteiger partial charge is 0.507 e. The first-order chi connectivity index (χ1) is 22.9. The first-order valence-corrected chi connectivity index (χ1v) is 18.4. The van der Waals surface area contributed by atoms with Crippen molar-refractivity contribution in [2.45, 2.75) is 145 Å². The summed E-state index contributed by atoms with van der Waals surface area (Å²) < 4.78 is 0. The third-order valence-corrected chi connectivity index (χ3v) is 10.3. The van der Waals surface area contributed by atoms with Gasteiger partial charge in [0, 0.05) is 48.7 Å². The van der Waals surface area contributed by atoms with Crippen molar-refractivity contribution in [3.63, 3.8) is 0 Å². The van der Waals surface area contributed by atoms with Crippen molar-refractivity contribution < 1.29 is 10.2 Å². The van der Waals surface area contributed by atoms with Crippen LogP contribution in [0.2, 0.25) is 0 Å². The number of aryl methyl sites for hydroxylation is 2. The van der Waals surface area contributed by atoms with E-state index < -0.39 is 0 Å². The topological polar surface area (TPSA) is 46.9 Å². The molecule has 0 aliphatic carbocycles. The van der Waals surface area contributed by atoms with E-state index in [2.05, 4.69) is 167 Å². The molecule has 1 aliphatic heterocycles. The number of rotatable bonds is 4. The molecule has 0 fully saturated rings. The molecule has 4 aromatic carbocycles. The van der Waals surface area contributed by atoms with Gasteiger partial charge in [-0.1, -0.05) is 131 Å². The fourth-order valence-electron chi connectivity index (χ4n) is 7.21. The van der Waals surface area contributed by atoms with Gasteiger partial charge >= 0.3 is 0 Å². The van der Waals surface area contributed by atoms with Gasteiger partial charge in [-0.15, -0.1) is 0 Å². The molecule has 50 heavy (non-hydrogen) atoms. The number of nitrogens with zero attached hydrogens (tertiary/aromatic N) is 2. The molecule has 0 unspecified atom stereocenters. The molecule has 2 N–H and O–H groups in total. The molecule has 4 heteroatoms. The summed E-state index contributed by atoms with van der Waals surface area (Å²) in [5.74, 6) is 0.798. The number of anilines is 2. The van der Waals surface area contributed by atoms with E-state index in [1.54, 1.807) is 0 Å². The summed E-state index contributed by atoms with van der Waals surface area (Å²) in [6.07, 6.45) is 0.